The molecule has 0 atom stereocenters. The van der Waals surface area contributed by atoms with Crippen LogP contribution in [0.1, 0.15) is 17.5 Å². The summed E-state index contributed by atoms with van der Waals surface area (Å²) in [6, 6.07) is 5.88. The first kappa shape index (κ1) is 12.3. The summed E-state index contributed by atoms with van der Waals surface area (Å²) in [6.45, 7) is 4.44. The van der Waals surface area contributed by atoms with Gasteiger partial charge in [-0.3, -0.25) is 4.79 Å². The number of hydrogen-bond donors (Lipinski definition) is 1. The molecule has 0 aromatic heterocycles. The predicted molar refractivity (Wildman–Crippen MR) is 62.8 cm³/mol. The smallest absolute Gasteiger partial charge is 0.307 e. The van der Waals surface area contributed by atoms with E-state index in [1.165, 1.54) is 5.56 Å². The Hall–Kier alpha value is -1.77. The van der Waals surface area contributed by atoms with Gasteiger partial charge in [-0.1, -0.05) is 24.3 Å². The molecule has 1 aromatic carbocycles. The monoisotopic (exact) mass is 220 g/mol. The van der Waals surface area contributed by atoms with Crippen molar-refractivity contribution in [2.75, 3.05) is 6.61 Å². The lowest BCUT2D eigenvalue weighted by Gasteiger charge is -2.08. The zero-order chi connectivity index (χ0) is 12.0. The summed E-state index contributed by atoms with van der Waals surface area (Å²) in [6.07, 6.45) is 3.35. The van der Waals surface area contributed by atoms with Crippen molar-refractivity contribution in [1.82, 2.24) is 0 Å². The van der Waals surface area contributed by atoms with Crippen molar-refractivity contribution >= 4 is 5.97 Å². The van der Waals surface area contributed by atoms with Crippen molar-refractivity contribution < 1.29 is 14.6 Å². The third kappa shape index (κ3) is 3.77. The molecule has 3 nitrogen and oxygen atoms in total. The molecule has 0 heterocycles. The van der Waals surface area contributed by atoms with E-state index < -0.39 is 5.97 Å². The van der Waals surface area contributed by atoms with Crippen molar-refractivity contribution in [2.45, 2.75) is 20.3 Å². The summed E-state index contributed by atoms with van der Waals surface area (Å²) < 4.78 is 5.52. The Balaban J connectivity index is 2.46. The van der Waals surface area contributed by atoms with Crippen molar-refractivity contribution in [2.24, 2.45) is 0 Å². The van der Waals surface area contributed by atoms with E-state index in [-0.39, 0.29) is 6.42 Å². The fraction of sp³-hybridized carbons (Fsp3) is 0.308. The van der Waals surface area contributed by atoms with E-state index in [2.05, 4.69) is 0 Å². The summed E-state index contributed by atoms with van der Waals surface area (Å²) in [5.41, 5.74) is 2.31. The number of carboxylic acid groups (broad SMARTS) is 1. The van der Waals surface area contributed by atoms with Gasteiger partial charge >= 0.3 is 5.97 Å². The van der Waals surface area contributed by atoms with Crippen LogP contribution in [-0.4, -0.2) is 17.7 Å². The number of ether oxygens (including phenoxy) is 1. The fourth-order valence-corrected chi connectivity index (χ4v) is 1.27. The highest BCUT2D eigenvalue weighted by atomic mass is 16.5. The molecule has 0 fully saturated rings. The topological polar surface area (TPSA) is 46.5 Å². The Morgan fingerprint density at radius 2 is 2.12 bits per heavy atom. The van der Waals surface area contributed by atoms with Gasteiger partial charge < -0.3 is 9.84 Å². The summed E-state index contributed by atoms with van der Waals surface area (Å²) in [7, 11) is 0. The third-order valence-electron chi connectivity index (χ3n) is 2.35. The van der Waals surface area contributed by atoms with Crippen LogP contribution in [0.3, 0.4) is 0 Å². The maximum Gasteiger partial charge on any atom is 0.307 e. The molecule has 0 saturated heterocycles. The highest BCUT2D eigenvalue weighted by Gasteiger charge is 1.99. The zero-order valence-corrected chi connectivity index (χ0v) is 9.56. The van der Waals surface area contributed by atoms with Gasteiger partial charge in [0.05, 0.1) is 6.42 Å². The quantitative estimate of drug-likeness (QED) is 0.776. The van der Waals surface area contributed by atoms with Gasteiger partial charge in [-0.15, -0.1) is 0 Å². The number of aliphatic carboxylic acids is 1. The fourth-order valence-electron chi connectivity index (χ4n) is 1.27. The van der Waals surface area contributed by atoms with Gasteiger partial charge in [-0.2, -0.15) is 0 Å². The number of carboxylic acids is 1. The molecule has 0 amide bonds. The number of hydrogen-bond acceptors (Lipinski definition) is 2. The second-order valence-corrected chi connectivity index (χ2v) is 3.58. The van der Waals surface area contributed by atoms with Gasteiger partial charge in [-0.05, 0) is 31.0 Å². The Morgan fingerprint density at radius 3 is 2.81 bits per heavy atom. The highest BCUT2D eigenvalue weighted by Crippen LogP contribution is 2.20. The minimum absolute atomic E-state index is 0.0379. The molecule has 3 heteroatoms. The van der Waals surface area contributed by atoms with Crippen LogP contribution < -0.4 is 4.74 Å². The molecule has 1 N–H and O–H groups in total. The molecule has 0 radical (unpaired) electrons. The van der Waals surface area contributed by atoms with Crippen LogP contribution in [0, 0.1) is 13.8 Å². The molecular weight excluding hydrogens is 204 g/mol. The van der Waals surface area contributed by atoms with E-state index in [0.29, 0.717) is 6.61 Å². The lowest BCUT2D eigenvalue weighted by molar-refractivity contribution is -0.136. The maximum absolute atomic E-state index is 10.2. The second kappa shape index (κ2) is 5.95. The largest absolute Gasteiger partial charge is 0.489 e. The van der Waals surface area contributed by atoms with Crippen molar-refractivity contribution in [3.63, 3.8) is 0 Å². The number of carbonyl (C=O) groups is 1. The minimum Gasteiger partial charge on any atom is -0.489 e. The zero-order valence-electron chi connectivity index (χ0n) is 9.56. The van der Waals surface area contributed by atoms with Crippen LogP contribution in [-0.2, 0) is 4.79 Å². The molecule has 16 heavy (non-hydrogen) atoms. The Morgan fingerprint density at radius 1 is 1.38 bits per heavy atom. The Labute approximate surface area is 95.4 Å². The standard InChI is InChI=1S/C13H16O3/c1-10-6-5-7-12(11(10)2)16-9-4-3-8-13(14)15/h3-7H,8-9H2,1-2H3,(H,14,15)/b4-3+. The van der Waals surface area contributed by atoms with Crippen molar-refractivity contribution in [3.8, 4) is 5.75 Å². The molecule has 86 valence electrons. The lowest BCUT2D eigenvalue weighted by atomic mass is 10.1. The SMILES string of the molecule is Cc1cccc(OC/C=C/CC(=O)O)c1C. The van der Waals surface area contributed by atoms with E-state index in [9.17, 15) is 4.79 Å². The van der Waals surface area contributed by atoms with Gasteiger partial charge in [0.1, 0.15) is 12.4 Å². The van der Waals surface area contributed by atoms with Crippen molar-refractivity contribution in [3.05, 3.63) is 41.5 Å². The van der Waals surface area contributed by atoms with Gasteiger partial charge in [0, 0.05) is 0 Å². The molecule has 0 unspecified atom stereocenters. The number of benzene rings is 1. The van der Waals surface area contributed by atoms with Crippen molar-refractivity contribution in [1.29, 1.82) is 0 Å². The first-order chi connectivity index (χ1) is 7.61. The second-order valence-electron chi connectivity index (χ2n) is 3.58. The van der Waals surface area contributed by atoms with E-state index in [1.54, 1.807) is 12.2 Å². The minimum atomic E-state index is -0.831. The molecular formula is C13H16O3. The van der Waals surface area contributed by atoms with Crippen LogP contribution in [0.2, 0.25) is 0 Å². The third-order valence-corrected chi connectivity index (χ3v) is 2.35. The van der Waals surface area contributed by atoms with Crippen LogP contribution in [0.25, 0.3) is 0 Å². The van der Waals surface area contributed by atoms with E-state index in [1.807, 2.05) is 32.0 Å². The summed E-state index contributed by atoms with van der Waals surface area (Å²) in [5.74, 6) is 0.0166. The van der Waals surface area contributed by atoms with Gasteiger partial charge in [0.15, 0.2) is 0 Å². The van der Waals surface area contributed by atoms with Crippen LogP contribution >= 0.6 is 0 Å². The first-order valence-electron chi connectivity index (χ1n) is 5.17. The normalized spacial score (nSPS) is 10.6. The van der Waals surface area contributed by atoms with E-state index in [0.717, 1.165) is 11.3 Å². The molecule has 0 saturated carbocycles. The Kier molecular flexibility index (Phi) is 4.58. The van der Waals surface area contributed by atoms with E-state index in [4.69, 9.17) is 9.84 Å². The van der Waals surface area contributed by atoms with Crippen LogP contribution in [0.5, 0.6) is 5.75 Å². The van der Waals surface area contributed by atoms with Gasteiger partial charge in [0.2, 0.25) is 0 Å². The first-order valence-corrected chi connectivity index (χ1v) is 5.17. The highest BCUT2D eigenvalue weighted by molar-refractivity contribution is 5.68. The molecule has 0 bridgehead atoms. The summed E-state index contributed by atoms with van der Waals surface area (Å²) >= 11 is 0. The molecule has 1 aromatic rings. The van der Waals surface area contributed by atoms with Gasteiger partial charge in [-0.25, -0.2) is 0 Å². The Bertz CT molecular complexity index is 394. The van der Waals surface area contributed by atoms with Gasteiger partial charge in [0.25, 0.3) is 0 Å². The van der Waals surface area contributed by atoms with Crippen LogP contribution in [0.4, 0.5) is 0 Å². The van der Waals surface area contributed by atoms with Crippen LogP contribution in [0.15, 0.2) is 30.4 Å². The molecule has 0 aliphatic carbocycles. The lowest BCUT2D eigenvalue weighted by Crippen LogP contribution is -1.97. The van der Waals surface area contributed by atoms with E-state index >= 15 is 0 Å². The molecule has 0 spiro atoms. The summed E-state index contributed by atoms with van der Waals surface area (Å²) in [5, 5.41) is 8.42. The maximum atomic E-state index is 10.2. The predicted octanol–water partition coefficient (Wildman–Crippen LogP) is 2.71. The molecule has 1 rings (SSSR count). The number of aryl methyl sites for hydroxylation is 1. The average molecular weight is 220 g/mol. The summed E-state index contributed by atoms with van der Waals surface area (Å²) in [4.78, 5) is 10.2. The average Bonchev–Trinajstić information content (AvgIpc) is 2.23. The molecule has 0 aliphatic rings. The molecule has 0 aliphatic heterocycles. The number of rotatable bonds is 5.